The van der Waals surface area contributed by atoms with E-state index in [2.05, 4.69) is 25.2 Å². The van der Waals surface area contributed by atoms with Crippen molar-refractivity contribution in [2.24, 2.45) is 0 Å². The predicted octanol–water partition coefficient (Wildman–Crippen LogP) is 1.40. The van der Waals surface area contributed by atoms with Crippen molar-refractivity contribution in [1.29, 1.82) is 0 Å². The number of hydrogen-bond acceptors (Lipinski definition) is 6. The highest BCUT2D eigenvalue weighted by Gasteiger charge is 2.18. The van der Waals surface area contributed by atoms with Crippen LogP contribution in [-0.2, 0) is 17.8 Å². The van der Waals surface area contributed by atoms with Crippen molar-refractivity contribution in [1.82, 2.24) is 20.3 Å². The van der Waals surface area contributed by atoms with E-state index in [4.69, 9.17) is 0 Å². The van der Waals surface area contributed by atoms with E-state index in [-0.39, 0.29) is 5.91 Å². The monoisotopic (exact) mass is 340 g/mol. The van der Waals surface area contributed by atoms with Gasteiger partial charge in [-0.2, -0.15) is 15.0 Å². The minimum atomic E-state index is -0.0410. The summed E-state index contributed by atoms with van der Waals surface area (Å²) < 4.78 is 0. The highest BCUT2D eigenvalue weighted by atomic mass is 16.1. The summed E-state index contributed by atoms with van der Waals surface area (Å²) >= 11 is 0. The lowest BCUT2D eigenvalue weighted by Crippen LogP contribution is -2.28. The summed E-state index contributed by atoms with van der Waals surface area (Å²) in [6, 6.07) is 9.69. The lowest BCUT2D eigenvalue weighted by Gasteiger charge is -2.19. The van der Waals surface area contributed by atoms with Gasteiger partial charge in [0.05, 0.1) is 13.0 Å². The standard InChI is InChI=1S/C18H24N6O/c1-23(2)17-20-15(21-18(22-17)24-10-6-7-11-24)13-19-16(25)12-14-8-4-3-5-9-14/h3-5,8-9H,6-7,10-13H2,1-2H3,(H,19,25). The van der Waals surface area contributed by atoms with Crippen LogP contribution in [0.2, 0.25) is 0 Å². The molecule has 1 N–H and O–H groups in total. The van der Waals surface area contributed by atoms with Crippen molar-refractivity contribution in [3.05, 3.63) is 41.7 Å². The molecule has 1 fully saturated rings. The van der Waals surface area contributed by atoms with Crippen molar-refractivity contribution in [3.63, 3.8) is 0 Å². The molecule has 0 bridgehead atoms. The zero-order valence-electron chi connectivity index (χ0n) is 14.8. The summed E-state index contributed by atoms with van der Waals surface area (Å²) in [5, 5.41) is 2.90. The molecule has 25 heavy (non-hydrogen) atoms. The van der Waals surface area contributed by atoms with Gasteiger partial charge in [0.2, 0.25) is 17.8 Å². The molecule has 1 aliphatic rings. The van der Waals surface area contributed by atoms with Crippen LogP contribution in [0, 0.1) is 0 Å². The number of nitrogens with one attached hydrogen (secondary N) is 1. The fraction of sp³-hybridized carbons (Fsp3) is 0.444. The maximum absolute atomic E-state index is 12.1. The Kier molecular flexibility index (Phi) is 5.42. The summed E-state index contributed by atoms with van der Waals surface area (Å²) in [6.45, 7) is 2.24. The van der Waals surface area contributed by atoms with Gasteiger partial charge in [0.25, 0.3) is 0 Å². The Morgan fingerprint density at radius 1 is 1.12 bits per heavy atom. The molecule has 2 aromatic rings. The Labute approximate surface area is 148 Å². The van der Waals surface area contributed by atoms with E-state index < -0.39 is 0 Å². The number of nitrogens with zero attached hydrogens (tertiary/aromatic N) is 5. The Balaban J connectivity index is 1.67. The molecule has 0 spiro atoms. The first-order chi connectivity index (χ1) is 12.1. The van der Waals surface area contributed by atoms with Gasteiger partial charge in [0, 0.05) is 27.2 Å². The van der Waals surface area contributed by atoms with E-state index >= 15 is 0 Å². The minimum absolute atomic E-state index is 0.0410. The van der Waals surface area contributed by atoms with Crippen LogP contribution in [0.4, 0.5) is 11.9 Å². The van der Waals surface area contributed by atoms with Gasteiger partial charge in [0.1, 0.15) is 0 Å². The summed E-state index contributed by atoms with van der Waals surface area (Å²) in [7, 11) is 3.81. The van der Waals surface area contributed by atoms with Gasteiger partial charge in [-0.1, -0.05) is 30.3 Å². The molecule has 1 saturated heterocycles. The highest BCUT2D eigenvalue weighted by Crippen LogP contribution is 2.17. The fourth-order valence-electron chi connectivity index (χ4n) is 2.75. The average molecular weight is 340 g/mol. The molecule has 1 aromatic carbocycles. The molecular weight excluding hydrogens is 316 g/mol. The number of carbonyl (C=O) groups excluding carboxylic acids is 1. The second kappa shape index (κ2) is 7.92. The van der Waals surface area contributed by atoms with E-state index in [1.807, 2.05) is 49.3 Å². The first-order valence-electron chi connectivity index (χ1n) is 8.59. The first-order valence-corrected chi connectivity index (χ1v) is 8.59. The van der Waals surface area contributed by atoms with E-state index in [9.17, 15) is 4.79 Å². The Morgan fingerprint density at radius 3 is 2.52 bits per heavy atom. The van der Waals surface area contributed by atoms with Crippen molar-refractivity contribution in [2.75, 3.05) is 37.0 Å². The summed E-state index contributed by atoms with van der Waals surface area (Å²) in [5.74, 6) is 1.86. The first kappa shape index (κ1) is 17.1. The quantitative estimate of drug-likeness (QED) is 0.857. The summed E-state index contributed by atoms with van der Waals surface area (Å²) in [6.07, 6.45) is 2.67. The van der Waals surface area contributed by atoms with Gasteiger partial charge in [-0.25, -0.2) is 0 Å². The summed E-state index contributed by atoms with van der Waals surface area (Å²) in [5.41, 5.74) is 0.988. The Bertz CT molecular complexity index is 713. The topological polar surface area (TPSA) is 74.2 Å². The van der Waals surface area contributed by atoms with Gasteiger partial charge < -0.3 is 15.1 Å². The molecule has 7 nitrogen and oxygen atoms in total. The number of rotatable bonds is 6. The highest BCUT2D eigenvalue weighted by molar-refractivity contribution is 5.78. The van der Waals surface area contributed by atoms with E-state index in [0.29, 0.717) is 30.7 Å². The smallest absolute Gasteiger partial charge is 0.230 e. The molecule has 2 heterocycles. The maximum Gasteiger partial charge on any atom is 0.230 e. The van der Waals surface area contributed by atoms with Crippen LogP contribution in [0.5, 0.6) is 0 Å². The van der Waals surface area contributed by atoms with Crippen LogP contribution >= 0.6 is 0 Å². The van der Waals surface area contributed by atoms with Gasteiger partial charge in [-0.05, 0) is 18.4 Å². The zero-order chi connectivity index (χ0) is 17.6. The molecule has 0 atom stereocenters. The third kappa shape index (κ3) is 4.65. The molecule has 132 valence electrons. The average Bonchev–Trinajstić information content (AvgIpc) is 3.15. The van der Waals surface area contributed by atoms with Gasteiger partial charge in [0.15, 0.2) is 5.82 Å². The Morgan fingerprint density at radius 2 is 1.84 bits per heavy atom. The van der Waals surface area contributed by atoms with Gasteiger partial charge in [-0.15, -0.1) is 0 Å². The van der Waals surface area contributed by atoms with Crippen molar-refractivity contribution in [2.45, 2.75) is 25.8 Å². The fourth-order valence-corrected chi connectivity index (χ4v) is 2.75. The van der Waals surface area contributed by atoms with Crippen LogP contribution in [0.3, 0.4) is 0 Å². The molecule has 0 aliphatic carbocycles. The van der Waals surface area contributed by atoms with Gasteiger partial charge >= 0.3 is 0 Å². The molecule has 7 heteroatoms. The van der Waals surface area contributed by atoms with Crippen LogP contribution in [0.1, 0.15) is 24.2 Å². The second-order valence-electron chi connectivity index (χ2n) is 6.38. The van der Waals surface area contributed by atoms with E-state index in [1.165, 1.54) is 0 Å². The van der Waals surface area contributed by atoms with Crippen molar-refractivity contribution < 1.29 is 4.79 Å². The molecule has 1 amide bonds. The number of carbonyl (C=O) groups is 1. The molecule has 0 radical (unpaired) electrons. The third-order valence-electron chi connectivity index (χ3n) is 4.10. The van der Waals surface area contributed by atoms with Gasteiger partial charge in [-0.3, -0.25) is 4.79 Å². The number of benzene rings is 1. The number of hydrogen-bond donors (Lipinski definition) is 1. The molecule has 0 saturated carbocycles. The number of aromatic nitrogens is 3. The van der Waals surface area contributed by atoms with E-state index in [1.54, 1.807) is 0 Å². The predicted molar refractivity (Wildman–Crippen MR) is 97.6 cm³/mol. The van der Waals surface area contributed by atoms with Crippen LogP contribution in [0.15, 0.2) is 30.3 Å². The zero-order valence-corrected chi connectivity index (χ0v) is 14.8. The van der Waals surface area contributed by atoms with Crippen molar-refractivity contribution in [3.8, 4) is 0 Å². The van der Waals surface area contributed by atoms with Crippen LogP contribution < -0.4 is 15.1 Å². The third-order valence-corrected chi connectivity index (χ3v) is 4.10. The number of amides is 1. The minimum Gasteiger partial charge on any atom is -0.349 e. The largest absolute Gasteiger partial charge is 0.349 e. The van der Waals surface area contributed by atoms with E-state index in [0.717, 1.165) is 31.5 Å². The lowest BCUT2D eigenvalue weighted by atomic mass is 10.1. The molecule has 0 unspecified atom stereocenters. The number of anilines is 2. The SMILES string of the molecule is CN(C)c1nc(CNC(=O)Cc2ccccc2)nc(N2CCCC2)n1. The van der Waals surface area contributed by atoms with Crippen LogP contribution in [-0.4, -0.2) is 48.0 Å². The second-order valence-corrected chi connectivity index (χ2v) is 6.38. The Hall–Kier alpha value is -2.70. The molecule has 1 aliphatic heterocycles. The van der Waals surface area contributed by atoms with Crippen molar-refractivity contribution >= 4 is 17.8 Å². The molecular formula is C18H24N6O. The molecule has 3 rings (SSSR count). The maximum atomic E-state index is 12.1. The molecule has 1 aromatic heterocycles. The summed E-state index contributed by atoms with van der Waals surface area (Å²) in [4.78, 5) is 29.7. The lowest BCUT2D eigenvalue weighted by molar-refractivity contribution is -0.120. The normalized spacial score (nSPS) is 13.8. The van der Waals surface area contributed by atoms with Crippen LogP contribution in [0.25, 0.3) is 0 Å².